The number of ketones is 1. The number of hydrogen-bond acceptors (Lipinski definition) is 4. The van der Waals surface area contributed by atoms with Crippen LogP contribution >= 0.6 is 0 Å². The lowest BCUT2D eigenvalue weighted by atomic mass is 10.0. The third-order valence-electron chi connectivity index (χ3n) is 5.26. The molecule has 0 spiro atoms. The smallest absolute Gasteiger partial charge is 0.228 e. The second-order valence-electron chi connectivity index (χ2n) is 7.44. The first-order chi connectivity index (χ1) is 13.5. The summed E-state index contributed by atoms with van der Waals surface area (Å²) in [6.45, 7) is 6.64. The quantitative estimate of drug-likeness (QED) is 0.500. The molecule has 2 atom stereocenters. The van der Waals surface area contributed by atoms with Gasteiger partial charge in [-0.1, -0.05) is 6.92 Å². The number of benzene rings is 1. The molecule has 150 valence electrons. The molecule has 0 aliphatic carbocycles. The molecule has 1 aliphatic heterocycles. The SMILES string of the molecule is CCC(=O)c1ccc(OCCCCC(=O)N2c3ccnn3[C@H](C)C[C@H]2C)cc1. The summed E-state index contributed by atoms with van der Waals surface area (Å²) >= 11 is 0. The van der Waals surface area contributed by atoms with E-state index in [2.05, 4.69) is 18.9 Å². The molecule has 28 heavy (non-hydrogen) atoms. The Morgan fingerprint density at radius 3 is 2.57 bits per heavy atom. The minimum atomic E-state index is 0.132. The molecule has 0 bridgehead atoms. The molecule has 0 saturated heterocycles. The van der Waals surface area contributed by atoms with Crippen LogP contribution in [0, 0.1) is 0 Å². The van der Waals surface area contributed by atoms with Crippen molar-refractivity contribution in [1.29, 1.82) is 0 Å². The summed E-state index contributed by atoms with van der Waals surface area (Å²) in [6.07, 6.45) is 5.26. The average Bonchev–Trinajstić information content (AvgIpc) is 3.17. The largest absolute Gasteiger partial charge is 0.494 e. The zero-order valence-corrected chi connectivity index (χ0v) is 16.9. The standard InChI is InChI=1S/C22H29N3O3/c1-4-20(26)18-8-10-19(11-9-18)28-14-6-5-7-22(27)24-16(2)15-17(3)25-21(24)12-13-23-25/h8-13,16-17H,4-7,14-15H2,1-3H3/t16-,17-/m1/s1. The first-order valence-electron chi connectivity index (χ1n) is 10.1. The Kier molecular flexibility index (Phi) is 6.49. The highest BCUT2D eigenvalue weighted by atomic mass is 16.5. The van der Waals surface area contributed by atoms with Crippen molar-refractivity contribution in [3.05, 3.63) is 42.1 Å². The molecule has 0 saturated carbocycles. The first kappa shape index (κ1) is 20.1. The number of aromatic nitrogens is 2. The number of rotatable bonds is 8. The molecular formula is C22H29N3O3. The lowest BCUT2D eigenvalue weighted by molar-refractivity contribution is -0.119. The van der Waals surface area contributed by atoms with E-state index < -0.39 is 0 Å². The zero-order chi connectivity index (χ0) is 20.1. The van der Waals surface area contributed by atoms with Gasteiger partial charge in [0.15, 0.2) is 5.78 Å². The van der Waals surface area contributed by atoms with Crippen molar-refractivity contribution >= 4 is 17.5 Å². The van der Waals surface area contributed by atoms with E-state index in [0.29, 0.717) is 31.1 Å². The molecule has 1 aromatic heterocycles. The number of anilines is 1. The number of nitrogens with zero attached hydrogens (tertiary/aromatic N) is 3. The average molecular weight is 383 g/mol. The fourth-order valence-electron chi connectivity index (χ4n) is 3.77. The van der Waals surface area contributed by atoms with Gasteiger partial charge in [0.1, 0.15) is 11.6 Å². The molecule has 0 N–H and O–H groups in total. The van der Waals surface area contributed by atoms with Gasteiger partial charge in [-0.3, -0.25) is 14.5 Å². The number of carbonyl (C=O) groups excluding carboxylic acids is 2. The van der Waals surface area contributed by atoms with Crippen LogP contribution < -0.4 is 9.64 Å². The summed E-state index contributed by atoms with van der Waals surface area (Å²) in [5, 5.41) is 4.35. The number of ether oxygens (including phenoxy) is 1. The van der Waals surface area contributed by atoms with E-state index in [1.807, 2.05) is 34.7 Å². The Morgan fingerprint density at radius 2 is 1.86 bits per heavy atom. The first-order valence-corrected chi connectivity index (χ1v) is 10.1. The Morgan fingerprint density at radius 1 is 1.11 bits per heavy atom. The van der Waals surface area contributed by atoms with E-state index in [1.54, 1.807) is 18.3 Å². The van der Waals surface area contributed by atoms with Crippen LogP contribution in [0.2, 0.25) is 0 Å². The molecular weight excluding hydrogens is 354 g/mol. The van der Waals surface area contributed by atoms with Crippen molar-refractivity contribution in [3.8, 4) is 5.75 Å². The van der Waals surface area contributed by atoms with Crippen molar-refractivity contribution in [2.24, 2.45) is 0 Å². The Labute approximate surface area is 166 Å². The lowest BCUT2D eigenvalue weighted by Crippen LogP contribution is -2.44. The topological polar surface area (TPSA) is 64.4 Å². The minimum absolute atomic E-state index is 0.132. The maximum Gasteiger partial charge on any atom is 0.228 e. The van der Waals surface area contributed by atoms with E-state index in [4.69, 9.17) is 4.74 Å². The summed E-state index contributed by atoms with van der Waals surface area (Å²) in [7, 11) is 0. The molecule has 0 radical (unpaired) electrons. The van der Waals surface area contributed by atoms with Crippen LogP contribution in [0.1, 0.15) is 69.3 Å². The molecule has 1 aromatic carbocycles. The third-order valence-corrected chi connectivity index (χ3v) is 5.26. The molecule has 0 unspecified atom stereocenters. The molecule has 1 amide bonds. The van der Waals surface area contributed by atoms with Gasteiger partial charge in [0.25, 0.3) is 0 Å². The van der Waals surface area contributed by atoms with Crippen molar-refractivity contribution < 1.29 is 14.3 Å². The van der Waals surface area contributed by atoms with E-state index in [1.165, 1.54) is 0 Å². The van der Waals surface area contributed by atoms with Gasteiger partial charge in [-0.25, -0.2) is 4.68 Å². The highest BCUT2D eigenvalue weighted by Gasteiger charge is 2.31. The summed E-state index contributed by atoms with van der Waals surface area (Å²) in [4.78, 5) is 26.3. The van der Waals surface area contributed by atoms with Crippen LogP contribution in [0.25, 0.3) is 0 Å². The van der Waals surface area contributed by atoms with Crippen molar-refractivity contribution in [1.82, 2.24) is 9.78 Å². The van der Waals surface area contributed by atoms with Crippen molar-refractivity contribution in [2.75, 3.05) is 11.5 Å². The molecule has 2 heterocycles. The van der Waals surface area contributed by atoms with Crippen LogP contribution in [0.4, 0.5) is 5.82 Å². The second-order valence-corrected chi connectivity index (χ2v) is 7.44. The number of fused-ring (bicyclic) bond motifs is 1. The maximum atomic E-state index is 12.8. The highest BCUT2D eigenvalue weighted by Crippen LogP contribution is 2.31. The van der Waals surface area contributed by atoms with Gasteiger partial charge in [0.2, 0.25) is 5.91 Å². The second kappa shape index (κ2) is 9.04. The number of carbonyl (C=O) groups is 2. The van der Waals surface area contributed by atoms with E-state index >= 15 is 0 Å². The fraction of sp³-hybridized carbons (Fsp3) is 0.500. The minimum Gasteiger partial charge on any atom is -0.494 e. The summed E-state index contributed by atoms with van der Waals surface area (Å²) in [5.41, 5.74) is 0.713. The van der Waals surface area contributed by atoms with Gasteiger partial charge in [0.05, 0.1) is 18.8 Å². The van der Waals surface area contributed by atoms with Crippen molar-refractivity contribution in [3.63, 3.8) is 0 Å². The highest BCUT2D eigenvalue weighted by molar-refractivity contribution is 5.96. The molecule has 3 rings (SSSR count). The van der Waals surface area contributed by atoms with Gasteiger partial charge in [-0.2, -0.15) is 5.10 Å². The van der Waals surface area contributed by atoms with Crippen LogP contribution in [0.5, 0.6) is 5.75 Å². The van der Waals surface area contributed by atoms with Gasteiger partial charge in [0, 0.05) is 30.5 Å². The summed E-state index contributed by atoms with van der Waals surface area (Å²) in [6, 6.07) is 9.67. The third kappa shape index (κ3) is 4.43. The summed E-state index contributed by atoms with van der Waals surface area (Å²) in [5.74, 6) is 1.92. The fourth-order valence-corrected chi connectivity index (χ4v) is 3.77. The number of amides is 1. The van der Waals surface area contributed by atoms with E-state index in [-0.39, 0.29) is 17.7 Å². The summed E-state index contributed by atoms with van der Waals surface area (Å²) < 4.78 is 7.67. The van der Waals surface area contributed by atoms with E-state index in [0.717, 1.165) is 30.8 Å². The molecule has 1 aliphatic rings. The normalized spacial score (nSPS) is 18.6. The van der Waals surface area contributed by atoms with Crippen molar-refractivity contribution in [2.45, 2.75) is 65.0 Å². The van der Waals surface area contributed by atoms with Gasteiger partial charge in [-0.05, 0) is 57.4 Å². The number of unbranched alkanes of at least 4 members (excludes halogenated alkanes) is 1. The molecule has 6 nitrogen and oxygen atoms in total. The van der Waals surface area contributed by atoms with Crippen LogP contribution in [0.15, 0.2) is 36.5 Å². The van der Waals surface area contributed by atoms with Gasteiger partial charge < -0.3 is 4.74 Å². The number of Topliss-reactive ketones (excluding diaryl/α,β-unsaturated/α-hetero) is 1. The predicted octanol–water partition coefficient (Wildman–Crippen LogP) is 4.41. The Bertz CT molecular complexity index is 813. The Hall–Kier alpha value is -2.63. The zero-order valence-electron chi connectivity index (χ0n) is 16.9. The van der Waals surface area contributed by atoms with Gasteiger partial charge in [-0.15, -0.1) is 0 Å². The molecule has 2 aromatic rings. The van der Waals surface area contributed by atoms with E-state index in [9.17, 15) is 9.59 Å². The van der Waals surface area contributed by atoms with Crippen LogP contribution in [0.3, 0.4) is 0 Å². The van der Waals surface area contributed by atoms with Crippen LogP contribution in [-0.4, -0.2) is 34.1 Å². The monoisotopic (exact) mass is 383 g/mol. The van der Waals surface area contributed by atoms with Crippen LogP contribution in [-0.2, 0) is 4.79 Å². The number of hydrogen-bond donors (Lipinski definition) is 0. The predicted molar refractivity (Wildman–Crippen MR) is 109 cm³/mol. The molecule has 6 heteroatoms. The lowest BCUT2D eigenvalue weighted by Gasteiger charge is -2.37. The van der Waals surface area contributed by atoms with Gasteiger partial charge >= 0.3 is 0 Å². The molecule has 0 fully saturated rings. The Balaban J connectivity index is 1.44. The maximum absolute atomic E-state index is 12.8.